The van der Waals surface area contributed by atoms with Crippen molar-refractivity contribution in [2.75, 3.05) is 6.54 Å². The van der Waals surface area contributed by atoms with Gasteiger partial charge in [-0.25, -0.2) is 0 Å². The van der Waals surface area contributed by atoms with E-state index in [0.717, 1.165) is 6.07 Å². The molecule has 0 spiro atoms. The molecule has 0 saturated carbocycles. The van der Waals surface area contributed by atoms with Gasteiger partial charge in [0.05, 0.1) is 6.54 Å². The molecule has 1 aromatic carbocycles. The highest BCUT2D eigenvalue weighted by molar-refractivity contribution is 6.30. The van der Waals surface area contributed by atoms with Crippen LogP contribution in [-0.4, -0.2) is 17.8 Å². The molecule has 1 aromatic rings. The van der Waals surface area contributed by atoms with E-state index < -0.39 is 23.9 Å². The van der Waals surface area contributed by atoms with Crippen LogP contribution < -0.4 is 0 Å². The maximum absolute atomic E-state index is 12.9. The van der Waals surface area contributed by atoms with E-state index in [2.05, 4.69) is 10.0 Å². The molecule has 4 nitrogen and oxygen atoms in total. The van der Waals surface area contributed by atoms with Gasteiger partial charge in [-0.1, -0.05) is 22.8 Å². The second-order valence-electron chi connectivity index (χ2n) is 3.71. The van der Waals surface area contributed by atoms with Crippen LogP contribution in [0.15, 0.2) is 23.3 Å². The second kappa shape index (κ2) is 5.06. The first-order valence-electron chi connectivity index (χ1n) is 4.79. The number of azide groups is 1. The molecule has 0 bridgehead atoms. The molecule has 1 N–H and O–H groups in total. The van der Waals surface area contributed by atoms with Crippen molar-refractivity contribution in [1.82, 2.24) is 0 Å². The molecule has 0 aliphatic carbocycles. The van der Waals surface area contributed by atoms with Crippen molar-refractivity contribution in [1.29, 1.82) is 0 Å². The Bertz CT molecular complexity index is 500. The molecule has 1 unspecified atom stereocenters. The highest BCUT2D eigenvalue weighted by Gasteiger charge is 2.55. The first kappa shape index (κ1) is 14.6. The third kappa shape index (κ3) is 2.69. The number of benzene rings is 1. The summed E-state index contributed by atoms with van der Waals surface area (Å²) in [7, 11) is 0. The van der Waals surface area contributed by atoms with Crippen LogP contribution in [0.3, 0.4) is 0 Å². The standard InChI is InChI=1S/C10H9ClF3N3O/c1-6-2-3-7(11)4-8(6)9(18,5-16-17-15)10(12,13)14/h2-4,18H,5H2,1H3. The van der Waals surface area contributed by atoms with Crippen LogP contribution in [0, 0.1) is 6.92 Å². The zero-order chi connectivity index (χ0) is 14.0. The van der Waals surface area contributed by atoms with E-state index in [1.165, 1.54) is 19.1 Å². The molecule has 0 heterocycles. The van der Waals surface area contributed by atoms with Gasteiger partial charge < -0.3 is 5.11 Å². The smallest absolute Gasteiger partial charge is 0.376 e. The Labute approximate surface area is 106 Å². The van der Waals surface area contributed by atoms with Crippen LogP contribution in [0.1, 0.15) is 11.1 Å². The number of aryl methyl sites for hydroxylation is 1. The van der Waals surface area contributed by atoms with Gasteiger partial charge in [0.25, 0.3) is 0 Å². The lowest BCUT2D eigenvalue weighted by molar-refractivity contribution is -0.262. The molecule has 0 radical (unpaired) electrons. The largest absolute Gasteiger partial charge is 0.421 e. The van der Waals surface area contributed by atoms with E-state index in [1.54, 1.807) is 0 Å². The maximum Gasteiger partial charge on any atom is 0.421 e. The van der Waals surface area contributed by atoms with Gasteiger partial charge in [-0.2, -0.15) is 13.2 Å². The Balaban J connectivity index is 3.43. The van der Waals surface area contributed by atoms with Crippen molar-refractivity contribution in [2.24, 2.45) is 5.11 Å². The van der Waals surface area contributed by atoms with Crippen molar-refractivity contribution in [3.63, 3.8) is 0 Å². The summed E-state index contributed by atoms with van der Waals surface area (Å²) in [6.07, 6.45) is -4.98. The van der Waals surface area contributed by atoms with E-state index in [0.29, 0.717) is 0 Å². The summed E-state index contributed by atoms with van der Waals surface area (Å²) in [5.74, 6) is 0. The molecule has 98 valence electrons. The summed E-state index contributed by atoms with van der Waals surface area (Å²) in [5.41, 5.74) is 4.66. The highest BCUT2D eigenvalue weighted by Crippen LogP contribution is 2.41. The number of aliphatic hydroxyl groups is 1. The molecule has 0 aliphatic heterocycles. The zero-order valence-electron chi connectivity index (χ0n) is 9.24. The molecule has 0 amide bonds. The fourth-order valence-corrected chi connectivity index (χ4v) is 1.67. The highest BCUT2D eigenvalue weighted by atomic mass is 35.5. The molecule has 8 heteroatoms. The topological polar surface area (TPSA) is 69.0 Å². The maximum atomic E-state index is 12.9. The lowest BCUT2D eigenvalue weighted by Gasteiger charge is -2.30. The van der Waals surface area contributed by atoms with Gasteiger partial charge in [-0.3, -0.25) is 0 Å². The Kier molecular flexibility index (Phi) is 4.11. The number of halogens is 4. The Hall–Kier alpha value is -1.43. The van der Waals surface area contributed by atoms with Crippen molar-refractivity contribution < 1.29 is 18.3 Å². The number of hydrogen-bond donors (Lipinski definition) is 1. The Morgan fingerprint density at radius 2 is 2.06 bits per heavy atom. The Morgan fingerprint density at radius 3 is 2.56 bits per heavy atom. The lowest BCUT2D eigenvalue weighted by Crippen LogP contribution is -2.45. The lowest BCUT2D eigenvalue weighted by atomic mass is 9.89. The predicted molar refractivity (Wildman–Crippen MR) is 60.2 cm³/mol. The van der Waals surface area contributed by atoms with Crippen LogP contribution in [-0.2, 0) is 5.60 Å². The summed E-state index contributed by atoms with van der Waals surface area (Å²) >= 11 is 5.63. The molecule has 0 aliphatic rings. The SMILES string of the molecule is Cc1ccc(Cl)cc1C(O)(CN=[N+]=[N-])C(F)(F)F. The fraction of sp³-hybridized carbons (Fsp3) is 0.400. The molecular formula is C10H9ClF3N3O. The monoisotopic (exact) mass is 279 g/mol. The molecule has 0 aromatic heterocycles. The van der Waals surface area contributed by atoms with Crippen LogP contribution in [0.5, 0.6) is 0 Å². The van der Waals surface area contributed by atoms with E-state index in [9.17, 15) is 18.3 Å². The minimum absolute atomic E-state index is 0.0548. The average Bonchev–Trinajstić information content (AvgIpc) is 2.27. The third-order valence-corrected chi connectivity index (χ3v) is 2.71. The number of nitrogens with zero attached hydrogens (tertiary/aromatic N) is 3. The number of alkyl halides is 3. The van der Waals surface area contributed by atoms with E-state index >= 15 is 0 Å². The molecule has 0 saturated heterocycles. The van der Waals surface area contributed by atoms with Gasteiger partial charge in [0.15, 0.2) is 5.60 Å². The second-order valence-corrected chi connectivity index (χ2v) is 4.14. The quantitative estimate of drug-likeness (QED) is 0.511. The normalized spacial score (nSPS) is 14.8. The Morgan fingerprint density at radius 1 is 1.44 bits per heavy atom. The van der Waals surface area contributed by atoms with Gasteiger partial charge in [0.1, 0.15) is 0 Å². The molecule has 1 rings (SSSR count). The summed E-state index contributed by atoms with van der Waals surface area (Å²) in [4.78, 5) is 2.24. The van der Waals surface area contributed by atoms with Crippen LogP contribution in [0.4, 0.5) is 13.2 Å². The van der Waals surface area contributed by atoms with Crippen molar-refractivity contribution >= 4 is 11.6 Å². The number of hydrogen-bond acceptors (Lipinski definition) is 2. The zero-order valence-corrected chi connectivity index (χ0v) is 10.00. The third-order valence-electron chi connectivity index (χ3n) is 2.48. The van der Waals surface area contributed by atoms with E-state index in [-0.39, 0.29) is 10.6 Å². The summed E-state index contributed by atoms with van der Waals surface area (Å²) in [6, 6.07) is 3.77. The van der Waals surface area contributed by atoms with E-state index in [1.807, 2.05) is 0 Å². The van der Waals surface area contributed by atoms with Gasteiger partial charge in [0, 0.05) is 9.93 Å². The minimum Gasteiger partial charge on any atom is -0.376 e. The molecular weight excluding hydrogens is 271 g/mol. The first-order chi connectivity index (χ1) is 8.22. The molecule has 1 atom stereocenters. The van der Waals surface area contributed by atoms with Crippen LogP contribution in [0.25, 0.3) is 10.4 Å². The predicted octanol–water partition coefficient (Wildman–Crippen LogP) is 3.71. The van der Waals surface area contributed by atoms with Crippen LogP contribution in [0.2, 0.25) is 5.02 Å². The van der Waals surface area contributed by atoms with Crippen molar-refractivity contribution in [3.05, 3.63) is 44.8 Å². The molecule has 18 heavy (non-hydrogen) atoms. The average molecular weight is 280 g/mol. The van der Waals surface area contributed by atoms with E-state index in [4.69, 9.17) is 17.1 Å². The summed E-state index contributed by atoms with van der Waals surface area (Å²) in [5, 5.41) is 12.7. The van der Waals surface area contributed by atoms with Gasteiger partial charge in [-0.15, -0.1) is 0 Å². The number of rotatable bonds is 3. The molecule has 0 fully saturated rings. The van der Waals surface area contributed by atoms with Crippen molar-refractivity contribution in [3.8, 4) is 0 Å². The minimum atomic E-state index is -4.98. The van der Waals surface area contributed by atoms with Gasteiger partial charge >= 0.3 is 6.18 Å². The fourth-order valence-electron chi connectivity index (χ4n) is 1.50. The summed E-state index contributed by atoms with van der Waals surface area (Å²) < 4.78 is 38.8. The van der Waals surface area contributed by atoms with Gasteiger partial charge in [-0.05, 0) is 35.7 Å². The van der Waals surface area contributed by atoms with Gasteiger partial charge in [0.2, 0.25) is 0 Å². The van der Waals surface area contributed by atoms with Crippen LogP contribution >= 0.6 is 11.6 Å². The first-order valence-corrected chi connectivity index (χ1v) is 5.17. The summed E-state index contributed by atoms with van der Waals surface area (Å²) in [6.45, 7) is 0.257. The van der Waals surface area contributed by atoms with Crippen molar-refractivity contribution in [2.45, 2.75) is 18.7 Å².